The lowest BCUT2D eigenvalue weighted by molar-refractivity contribution is 0.0514. The Morgan fingerprint density at radius 1 is 1.69 bits per heavy atom. The van der Waals surface area contributed by atoms with Crippen molar-refractivity contribution in [1.82, 2.24) is 4.98 Å². The fourth-order valence-corrected chi connectivity index (χ4v) is 1.55. The molecule has 0 aliphatic rings. The lowest BCUT2D eigenvalue weighted by Crippen LogP contribution is -2.10. The number of alkyl halides is 2. The third-order valence-corrected chi connectivity index (χ3v) is 2.48. The third-order valence-electron chi connectivity index (χ3n) is 1.66. The van der Waals surface area contributed by atoms with E-state index in [1.165, 1.54) is 0 Å². The quantitative estimate of drug-likeness (QED) is 0.677. The summed E-state index contributed by atoms with van der Waals surface area (Å²) in [6.45, 7) is 1.65. The van der Waals surface area contributed by atoms with E-state index in [1.54, 1.807) is 29.5 Å². The third kappa shape index (κ3) is 2.77. The molecule has 0 aliphatic carbocycles. The van der Waals surface area contributed by atoms with Crippen LogP contribution in [0.1, 0.15) is 29.5 Å². The summed E-state index contributed by atoms with van der Waals surface area (Å²) in [6, 6.07) is 1.02. The van der Waals surface area contributed by atoms with Gasteiger partial charge in [0.15, 0.2) is 11.4 Å². The standard InChI is InChI=1S/C9H8F2INO3/c1-2-16-9(15)6-7(14)4(12)3-5(13-6)8(10)11/h3,8,14H,2H2,1H3. The second-order valence-corrected chi connectivity index (χ2v) is 3.91. The number of hydrogen-bond acceptors (Lipinski definition) is 4. The van der Waals surface area contributed by atoms with E-state index in [0.717, 1.165) is 6.07 Å². The smallest absolute Gasteiger partial charge is 0.360 e. The predicted octanol–water partition coefficient (Wildman–Crippen LogP) is 2.51. The van der Waals surface area contributed by atoms with E-state index in [0.29, 0.717) is 0 Å². The zero-order chi connectivity index (χ0) is 12.3. The number of hydrogen-bond donors (Lipinski definition) is 1. The molecule has 1 heterocycles. The normalized spacial score (nSPS) is 10.6. The summed E-state index contributed by atoms with van der Waals surface area (Å²) < 4.78 is 29.5. The molecular formula is C9H8F2INO3. The molecular weight excluding hydrogens is 335 g/mol. The molecule has 0 spiro atoms. The second kappa shape index (κ2) is 5.37. The average molecular weight is 343 g/mol. The maximum absolute atomic E-state index is 12.4. The van der Waals surface area contributed by atoms with Crippen LogP contribution < -0.4 is 0 Å². The van der Waals surface area contributed by atoms with Gasteiger partial charge in [-0.2, -0.15) is 0 Å². The Hall–Kier alpha value is -0.990. The van der Waals surface area contributed by atoms with Crippen molar-refractivity contribution in [2.75, 3.05) is 6.61 Å². The molecule has 0 fully saturated rings. The first-order chi connectivity index (χ1) is 7.47. The number of halogens is 3. The molecule has 1 N–H and O–H groups in total. The van der Waals surface area contributed by atoms with Crippen LogP contribution >= 0.6 is 22.6 Å². The molecule has 0 bridgehead atoms. The van der Waals surface area contributed by atoms with Gasteiger partial charge in [-0.05, 0) is 35.6 Å². The topological polar surface area (TPSA) is 59.4 Å². The Morgan fingerprint density at radius 3 is 2.81 bits per heavy atom. The van der Waals surface area contributed by atoms with Crippen LogP contribution in [0, 0.1) is 3.57 Å². The van der Waals surface area contributed by atoms with Crippen LogP contribution in [0.3, 0.4) is 0 Å². The highest BCUT2D eigenvalue weighted by atomic mass is 127. The van der Waals surface area contributed by atoms with E-state index < -0.39 is 29.5 Å². The summed E-state index contributed by atoms with van der Waals surface area (Å²) in [4.78, 5) is 14.7. The molecule has 1 aromatic heterocycles. The Kier molecular flexibility index (Phi) is 4.39. The number of aromatic nitrogens is 1. The van der Waals surface area contributed by atoms with Crippen LogP contribution in [0.4, 0.5) is 8.78 Å². The number of rotatable bonds is 3. The fraction of sp³-hybridized carbons (Fsp3) is 0.333. The highest BCUT2D eigenvalue weighted by Crippen LogP contribution is 2.28. The fourth-order valence-electron chi connectivity index (χ4n) is 0.979. The van der Waals surface area contributed by atoms with Gasteiger partial charge in [0.1, 0.15) is 5.69 Å². The van der Waals surface area contributed by atoms with Crippen LogP contribution in [0.2, 0.25) is 0 Å². The van der Waals surface area contributed by atoms with Crippen molar-refractivity contribution in [1.29, 1.82) is 0 Å². The van der Waals surface area contributed by atoms with Crippen LogP contribution in [-0.2, 0) is 4.74 Å². The first-order valence-electron chi connectivity index (χ1n) is 4.32. The molecule has 7 heteroatoms. The summed E-state index contributed by atoms with van der Waals surface area (Å²) in [6.07, 6.45) is -2.80. The predicted molar refractivity (Wildman–Crippen MR) is 59.5 cm³/mol. The van der Waals surface area contributed by atoms with Crippen molar-refractivity contribution >= 4 is 28.6 Å². The van der Waals surface area contributed by atoms with Crippen LogP contribution in [-0.4, -0.2) is 22.7 Å². The number of nitrogens with zero attached hydrogens (tertiary/aromatic N) is 1. The van der Waals surface area contributed by atoms with Gasteiger partial charge >= 0.3 is 5.97 Å². The van der Waals surface area contributed by atoms with Gasteiger partial charge in [0.2, 0.25) is 0 Å². The zero-order valence-electron chi connectivity index (χ0n) is 8.21. The molecule has 4 nitrogen and oxygen atoms in total. The zero-order valence-corrected chi connectivity index (χ0v) is 10.4. The van der Waals surface area contributed by atoms with E-state index in [9.17, 15) is 18.7 Å². The molecule has 88 valence electrons. The number of carbonyl (C=O) groups is 1. The molecule has 0 unspecified atom stereocenters. The summed E-state index contributed by atoms with van der Waals surface area (Å²) in [5, 5.41) is 9.49. The first kappa shape index (κ1) is 13.1. The molecule has 0 aliphatic heterocycles. The highest BCUT2D eigenvalue weighted by molar-refractivity contribution is 14.1. The van der Waals surface area contributed by atoms with Crippen LogP contribution in [0.5, 0.6) is 5.75 Å². The van der Waals surface area contributed by atoms with Crippen LogP contribution in [0.15, 0.2) is 6.07 Å². The monoisotopic (exact) mass is 343 g/mol. The summed E-state index contributed by atoms with van der Waals surface area (Å²) in [5.74, 6) is -1.36. The lowest BCUT2D eigenvalue weighted by atomic mass is 10.3. The van der Waals surface area contributed by atoms with Crippen LogP contribution in [0.25, 0.3) is 0 Å². The SMILES string of the molecule is CCOC(=O)c1nc(C(F)F)cc(I)c1O. The highest BCUT2D eigenvalue weighted by Gasteiger charge is 2.21. The van der Waals surface area contributed by atoms with Crippen molar-refractivity contribution < 1.29 is 23.4 Å². The van der Waals surface area contributed by atoms with Crippen molar-refractivity contribution in [3.63, 3.8) is 0 Å². The first-order valence-corrected chi connectivity index (χ1v) is 5.40. The van der Waals surface area contributed by atoms with Crippen molar-refractivity contribution in [3.8, 4) is 5.75 Å². The van der Waals surface area contributed by atoms with Gasteiger partial charge in [0.05, 0.1) is 10.2 Å². The van der Waals surface area contributed by atoms with Gasteiger partial charge in [-0.3, -0.25) is 0 Å². The Labute approximate surface area is 104 Å². The van der Waals surface area contributed by atoms with Crippen molar-refractivity contribution in [3.05, 3.63) is 21.0 Å². The summed E-state index contributed by atoms with van der Waals surface area (Å²) >= 11 is 1.64. The molecule has 0 atom stereocenters. The van der Waals surface area contributed by atoms with Crippen molar-refractivity contribution in [2.45, 2.75) is 13.3 Å². The minimum absolute atomic E-state index is 0.0788. The number of esters is 1. The lowest BCUT2D eigenvalue weighted by Gasteiger charge is -2.07. The number of pyridine rings is 1. The van der Waals surface area contributed by atoms with Gasteiger partial charge < -0.3 is 9.84 Å². The maximum atomic E-state index is 12.4. The van der Waals surface area contributed by atoms with Gasteiger partial charge in [0, 0.05) is 0 Å². The molecule has 0 saturated heterocycles. The van der Waals surface area contributed by atoms with Gasteiger partial charge in [-0.25, -0.2) is 18.6 Å². The molecule has 0 saturated carbocycles. The Morgan fingerprint density at radius 2 is 2.31 bits per heavy atom. The minimum Gasteiger partial charge on any atom is -0.504 e. The maximum Gasteiger partial charge on any atom is 0.360 e. The summed E-state index contributed by atoms with van der Waals surface area (Å²) in [5.41, 5.74) is -1.05. The van der Waals surface area contributed by atoms with E-state index >= 15 is 0 Å². The van der Waals surface area contributed by atoms with E-state index in [2.05, 4.69) is 9.72 Å². The van der Waals surface area contributed by atoms with E-state index in [1.807, 2.05) is 0 Å². The molecule has 16 heavy (non-hydrogen) atoms. The minimum atomic E-state index is -2.80. The van der Waals surface area contributed by atoms with E-state index in [4.69, 9.17) is 0 Å². The molecule has 1 rings (SSSR count). The molecule has 0 aromatic carbocycles. The van der Waals surface area contributed by atoms with Gasteiger partial charge in [0.25, 0.3) is 6.43 Å². The summed E-state index contributed by atoms with van der Waals surface area (Å²) in [7, 11) is 0. The number of aromatic hydroxyl groups is 1. The average Bonchev–Trinajstić information content (AvgIpc) is 2.21. The van der Waals surface area contributed by atoms with E-state index in [-0.39, 0.29) is 10.2 Å². The largest absolute Gasteiger partial charge is 0.504 e. The van der Waals surface area contributed by atoms with Gasteiger partial charge in [-0.15, -0.1) is 0 Å². The number of carbonyl (C=O) groups excluding carboxylic acids is 1. The molecule has 1 aromatic rings. The molecule has 0 radical (unpaired) electrons. The van der Waals surface area contributed by atoms with Crippen molar-refractivity contribution in [2.24, 2.45) is 0 Å². The Balaban J connectivity index is 3.21. The Bertz CT molecular complexity index is 412. The van der Waals surface area contributed by atoms with Gasteiger partial charge in [-0.1, -0.05) is 0 Å². The number of ether oxygens (including phenoxy) is 1. The molecule has 0 amide bonds. The second-order valence-electron chi connectivity index (χ2n) is 2.75.